The summed E-state index contributed by atoms with van der Waals surface area (Å²) >= 11 is 0. The van der Waals surface area contributed by atoms with Gasteiger partial charge in [0.25, 0.3) is 0 Å². The largest absolute Gasteiger partial charge is 0.378 e. The van der Waals surface area contributed by atoms with Crippen molar-refractivity contribution in [3.63, 3.8) is 0 Å². The van der Waals surface area contributed by atoms with Crippen molar-refractivity contribution in [3.05, 3.63) is 0 Å². The number of morpholine rings is 1. The number of ether oxygens (including phenoxy) is 1. The highest BCUT2D eigenvalue weighted by Crippen LogP contribution is 2.29. The first-order chi connectivity index (χ1) is 8.29. The van der Waals surface area contributed by atoms with Gasteiger partial charge in [0.1, 0.15) is 0 Å². The van der Waals surface area contributed by atoms with Gasteiger partial charge < -0.3 is 15.0 Å². The summed E-state index contributed by atoms with van der Waals surface area (Å²) in [5.74, 6) is 3.41. The van der Waals surface area contributed by atoms with Crippen LogP contribution < -0.4 is 5.32 Å². The molecule has 1 atom stereocenters. The molecule has 4 heteroatoms. The number of nitrogens with zero attached hydrogens (tertiary/aromatic N) is 1. The number of hydrogen-bond acceptors (Lipinski definition) is 3. The monoisotopic (exact) mass is 236 g/mol. The van der Waals surface area contributed by atoms with Gasteiger partial charge >= 0.3 is 0 Å². The summed E-state index contributed by atoms with van der Waals surface area (Å²) in [4.78, 5) is 13.9. The zero-order valence-electron chi connectivity index (χ0n) is 10.2. The zero-order valence-corrected chi connectivity index (χ0v) is 10.2. The second-order valence-corrected chi connectivity index (χ2v) is 4.85. The molecule has 4 nitrogen and oxygen atoms in total. The molecule has 1 N–H and O–H groups in total. The Hall–Kier alpha value is -1.05. The van der Waals surface area contributed by atoms with E-state index in [4.69, 9.17) is 11.2 Å². The lowest BCUT2D eigenvalue weighted by Crippen LogP contribution is -2.45. The predicted molar refractivity (Wildman–Crippen MR) is 65.4 cm³/mol. The van der Waals surface area contributed by atoms with Crippen molar-refractivity contribution >= 4 is 5.91 Å². The molecule has 2 aliphatic rings. The quantitative estimate of drug-likeness (QED) is 0.695. The molecular weight excluding hydrogens is 216 g/mol. The number of amides is 1. The third-order valence-electron chi connectivity index (χ3n) is 3.23. The number of terminal acetylenes is 1. The van der Waals surface area contributed by atoms with Crippen LogP contribution in [0.15, 0.2) is 0 Å². The summed E-state index contributed by atoms with van der Waals surface area (Å²) in [6.07, 6.45) is 8.28. The second kappa shape index (κ2) is 6.04. The fourth-order valence-electron chi connectivity index (χ4n) is 2.07. The summed E-state index contributed by atoms with van der Waals surface area (Å²) in [7, 11) is 0. The molecule has 2 fully saturated rings. The van der Waals surface area contributed by atoms with Gasteiger partial charge in [-0.1, -0.05) is 5.92 Å². The Bertz CT molecular complexity index is 301. The van der Waals surface area contributed by atoms with Crippen molar-refractivity contribution in [3.8, 4) is 12.3 Å². The Kier molecular flexibility index (Phi) is 4.41. The SMILES string of the molecule is C#CCN(CC1CC1)C(=O)CC1COCCN1. The average molecular weight is 236 g/mol. The van der Waals surface area contributed by atoms with Crippen molar-refractivity contribution in [1.29, 1.82) is 0 Å². The maximum atomic E-state index is 12.1. The molecule has 17 heavy (non-hydrogen) atoms. The van der Waals surface area contributed by atoms with Gasteiger partial charge in [0.2, 0.25) is 5.91 Å². The van der Waals surface area contributed by atoms with E-state index in [1.54, 1.807) is 0 Å². The van der Waals surface area contributed by atoms with Gasteiger partial charge in [-0.25, -0.2) is 0 Å². The Morgan fingerprint density at radius 3 is 2.94 bits per heavy atom. The van der Waals surface area contributed by atoms with E-state index in [1.807, 2.05) is 4.90 Å². The van der Waals surface area contributed by atoms with Crippen LogP contribution in [0, 0.1) is 18.3 Å². The summed E-state index contributed by atoms with van der Waals surface area (Å²) in [5, 5.41) is 3.29. The number of hydrogen-bond donors (Lipinski definition) is 1. The Morgan fingerprint density at radius 1 is 1.53 bits per heavy atom. The fourth-order valence-corrected chi connectivity index (χ4v) is 2.07. The first-order valence-corrected chi connectivity index (χ1v) is 6.32. The van der Waals surface area contributed by atoms with E-state index in [2.05, 4.69) is 11.2 Å². The van der Waals surface area contributed by atoms with Crippen molar-refractivity contribution in [2.24, 2.45) is 5.92 Å². The summed E-state index contributed by atoms with van der Waals surface area (Å²) in [6.45, 7) is 3.45. The van der Waals surface area contributed by atoms with Crippen LogP contribution in [0.25, 0.3) is 0 Å². The summed E-state index contributed by atoms with van der Waals surface area (Å²) in [6, 6.07) is 0.149. The number of rotatable bonds is 5. The topological polar surface area (TPSA) is 41.6 Å². The standard InChI is InChI=1S/C13H20N2O2/c1-2-6-15(9-11-3-4-11)13(16)8-12-10-17-7-5-14-12/h1,11-12,14H,3-10H2. The van der Waals surface area contributed by atoms with Crippen LogP contribution in [-0.2, 0) is 9.53 Å². The van der Waals surface area contributed by atoms with Gasteiger partial charge in [0.05, 0.1) is 19.8 Å². The zero-order chi connectivity index (χ0) is 12.1. The molecule has 0 bridgehead atoms. The lowest BCUT2D eigenvalue weighted by molar-refractivity contribution is -0.132. The molecule has 1 aliphatic carbocycles. The van der Waals surface area contributed by atoms with Crippen molar-refractivity contribution in [1.82, 2.24) is 10.2 Å². The molecule has 1 heterocycles. The molecule has 0 spiro atoms. The van der Waals surface area contributed by atoms with Crippen LogP contribution in [0.1, 0.15) is 19.3 Å². The minimum atomic E-state index is 0.149. The molecule has 1 unspecified atom stereocenters. The van der Waals surface area contributed by atoms with E-state index in [0.717, 1.165) is 19.7 Å². The van der Waals surface area contributed by atoms with Gasteiger partial charge in [-0.3, -0.25) is 4.79 Å². The highest BCUT2D eigenvalue weighted by molar-refractivity contribution is 5.77. The lowest BCUT2D eigenvalue weighted by Gasteiger charge is -2.26. The third kappa shape index (κ3) is 4.03. The number of nitrogens with one attached hydrogen (secondary N) is 1. The number of carbonyl (C=O) groups is 1. The van der Waals surface area contributed by atoms with Gasteiger partial charge in [0.15, 0.2) is 0 Å². The minimum Gasteiger partial charge on any atom is -0.378 e. The molecule has 1 aliphatic heterocycles. The molecule has 94 valence electrons. The molecule has 2 rings (SSSR count). The van der Waals surface area contributed by atoms with Crippen molar-refractivity contribution in [2.45, 2.75) is 25.3 Å². The highest BCUT2D eigenvalue weighted by Gasteiger charge is 2.27. The lowest BCUT2D eigenvalue weighted by atomic mass is 10.1. The second-order valence-electron chi connectivity index (χ2n) is 4.85. The van der Waals surface area contributed by atoms with Gasteiger partial charge in [-0.05, 0) is 18.8 Å². The van der Waals surface area contributed by atoms with E-state index in [-0.39, 0.29) is 11.9 Å². The van der Waals surface area contributed by atoms with E-state index < -0.39 is 0 Å². The highest BCUT2D eigenvalue weighted by atomic mass is 16.5. The molecule has 0 radical (unpaired) electrons. The van der Waals surface area contributed by atoms with E-state index in [0.29, 0.717) is 25.5 Å². The molecule has 1 saturated carbocycles. The van der Waals surface area contributed by atoms with Crippen molar-refractivity contribution < 1.29 is 9.53 Å². The molecular formula is C13H20N2O2. The Balaban J connectivity index is 1.79. The number of carbonyl (C=O) groups excluding carboxylic acids is 1. The summed E-state index contributed by atoms with van der Waals surface area (Å²) < 4.78 is 5.34. The average Bonchev–Trinajstić information content (AvgIpc) is 3.14. The van der Waals surface area contributed by atoms with Gasteiger partial charge in [-0.15, -0.1) is 6.42 Å². The van der Waals surface area contributed by atoms with Crippen LogP contribution in [-0.4, -0.2) is 49.7 Å². The predicted octanol–water partition coefficient (Wildman–Crippen LogP) is 0.237. The normalized spacial score (nSPS) is 24.1. The summed E-state index contributed by atoms with van der Waals surface area (Å²) in [5.41, 5.74) is 0. The molecule has 1 amide bonds. The minimum absolute atomic E-state index is 0.149. The maximum Gasteiger partial charge on any atom is 0.225 e. The Labute approximate surface area is 103 Å². The first-order valence-electron chi connectivity index (χ1n) is 6.32. The first kappa shape index (κ1) is 12.4. The van der Waals surface area contributed by atoms with Crippen LogP contribution in [0.3, 0.4) is 0 Å². The molecule has 0 aromatic heterocycles. The van der Waals surface area contributed by atoms with Crippen LogP contribution in [0.4, 0.5) is 0 Å². The maximum absolute atomic E-state index is 12.1. The molecule has 1 saturated heterocycles. The van der Waals surface area contributed by atoms with Gasteiger partial charge in [-0.2, -0.15) is 0 Å². The fraction of sp³-hybridized carbons (Fsp3) is 0.769. The van der Waals surface area contributed by atoms with Crippen LogP contribution in [0.2, 0.25) is 0 Å². The van der Waals surface area contributed by atoms with Crippen LogP contribution in [0.5, 0.6) is 0 Å². The smallest absolute Gasteiger partial charge is 0.225 e. The van der Waals surface area contributed by atoms with Crippen molar-refractivity contribution in [2.75, 3.05) is 32.8 Å². The Morgan fingerprint density at radius 2 is 2.35 bits per heavy atom. The molecule has 0 aromatic rings. The van der Waals surface area contributed by atoms with Gasteiger partial charge in [0, 0.05) is 25.6 Å². The van der Waals surface area contributed by atoms with E-state index in [1.165, 1.54) is 12.8 Å². The van der Waals surface area contributed by atoms with Crippen LogP contribution >= 0.6 is 0 Å². The van der Waals surface area contributed by atoms with E-state index in [9.17, 15) is 4.79 Å². The van der Waals surface area contributed by atoms with E-state index >= 15 is 0 Å². The molecule has 0 aromatic carbocycles. The third-order valence-corrected chi connectivity index (χ3v) is 3.23.